The maximum Gasteiger partial charge on any atom is 0.169 e. The molecule has 0 aliphatic heterocycles. The van der Waals surface area contributed by atoms with Crippen LogP contribution in [0.25, 0.3) is 0 Å². The van der Waals surface area contributed by atoms with Crippen LogP contribution < -0.4 is 0 Å². The van der Waals surface area contributed by atoms with Gasteiger partial charge in [0.2, 0.25) is 0 Å². The van der Waals surface area contributed by atoms with E-state index >= 15 is 0 Å². The van der Waals surface area contributed by atoms with Crippen LogP contribution in [-0.2, 0) is 0 Å². The quantitative estimate of drug-likeness (QED) is 0.628. The van der Waals surface area contributed by atoms with E-state index in [2.05, 4.69) is 41.5 Å². The molecule has 1 aromatic rings. The van der Waals surface area contributed by atoms with Gasteiger partial charge in [0.15, 0.2) is 6.29 Å². The lowest BCUT2D eigenvalue weighted by Gasteiger charge is -2.10. The van der Waals surface area contributed by atoms with E-state index in [4.69, 9.17) is 0 Å². The van der Waals surface area contributed by atoms with Crippen molar-refractivity contribution in [3.8, 4) is 0 Å². The Hall–Kier alpha value is -0.390. The number of nitrogens with zero attached hydrogens (tertiary/aromatic N) is 2. The molecule has 1 rings (SSSR count). The van der Waals surface area contributed by atoms with Gasteiger partial charge in [-0.3, -0.25) is 9.48 Å². The second-order valence-corrected chi connectivity index (χ2v) is 3.86. The van der Waals surface area contributed by atoms with Crippen LogP contribution in [0.3, 0.4) is 0 Å². The fraction of sp³-hybridized carbons (Fsp3) is 0.500. The van der Waals surface area contributed by atoms with Crippen LogP contribution in [0.1, 0.15) is 36.8 Å². The molecule has 4 heteroatoms. The first kappa shape index (κ1) is 9.70. The standard InChI is InChI=1S/C8H11IN2O/c1-3-6(2)11-8(5-12)7(9)4-10-11/h4-6H,3H2,1-2H3. The SMILES string of the molecule is CCC(C)n1ncc(I)c1C=O. The third-order valence-electron chi connectivity index (χ3n) is 1.91. The van der Waals surface area contributed by atoms with Gasteiger partial charge in [-0.05, 0) is 35.9 Å². The largest absolute Gasteiger partial charge is 0.296 e. The Morgan fingerprint density at radius 2 is 2.50 bits per heavy atom. The smallest absolute Gasteiger partial charge is 0.169 e. The normalized spacial score (nSPS) is 12.9. The van der Waals surface area contributed by atoms with Crippen molar-refractivity contribution in [2.75, 3.05) is 0 Å². The summed E-state index contributed by atoms with van der Waals surface area (Å²) >= 11 is 2.12. The number of aldehydes is 1. The lowest BCUT2D eigenvalue weighted by Crippen LogP contribution is -2.09. The van der Waals surface area contributed by atoms with Gasteiger partial charge in [-0.2, -0.15) is 5.10 Å². The molecule has 0 saturated heterocycles. The third-order valence-corrected chi connectivity index (χ3v) is 2.74. The predicted molar refractivity (Wildman–Crippen MR) is 55.3 cm³/mol. The zero-order chi connectivity index (χ0) is 9.14. The summed E-state index contributed by atoms with van der Waals surface area (Å²) in [6, 6.07) is 0.300. The topological polar surface area (TPSA) is 34.9 Å². The fourth-order valence-corrected chi connectivity index (χ4v) is 1.48. The number of hydrogen-bond acceptors (Lipinski definition) is 2. The number of halogens is 1. The number of carbonyl (C=O) groups is 1. The van der Waals surface area contributed by atoms with E-state index in [1.807, 2.05) is 0 Å². The lowest BCUT2D eigenvalue weighted by atomic mass is 10.2. The van der Waals surface area contributed by atoms with Crippen molar-refractivity contribution in [3.05, 3.63) is 15.5 Å². The second-order valence-electron chi connectivity index (χ2n) is 2.70. The van der Waals surface area contributed by atoms with E-state index in [0.717, 1.165) is 16.3 Å². The predicted octanol–water partition coefficient (Wildman–Crippen LogP) is 2.27. The van der Waals surface area contributed by atoms with Crippen molar-refractivity contribution in [2.45, 2.75) is 26.3 Å². The molecule has 1 atom stereocenters. The number of aromatic nitrogens is 2. The molecule has 0 radical (unpaired) electrons. The van der Waals surface area contributed by atoms with Gasteiger partial charge >= 0.3 is 0 Å². The summed E-state index contributed by atoms with van der Waals surface area (Å²) in [5.74, 6) is 0. The van der Waals surface area contributed by atoms with Gasteiger partial charge in [0.25, 0.3) is 0 Å². The molecule has 1 unspecified atom stereocenters. The fourth-order valence-electron chi connectivity index (χ4n) is 0.985. The summed E-state index contributed by atoms with van der Waals surface area (Å²) in [5, 5.41) is 4.14. The molecule has 1 aromatic heterocycles. The Balaban J connectivity index is 3.06. The third kappa shape index (κ3) is 1.68. The zero-order valence-electron chi connectivity index (χ0n) is 7.12. The van der Waals surface area contributed by atoms with Crippen LogP contribution in [0.2, 0.25) is 0 Å². The summed E-state index contributed by atoms with van der Waals surface area (Å²) in [6.45, 7) is 4.13. The first-order chi connectivity index (χ1) is 5.70. The van der Waals surface area contributed by atoms with Gasteiger partial charge in [-0.25, -0.2) is 0 Å². The minimum atomic E-state index is 0.300. The van der Waals surface area contributed by atoms with Gasteiger partial charge in [0, 0.05) is 6.04 Å². The van der Waals surface area contributed by atoms with E-state index in [1.54, 1.807) is 10.9 Å². The van der Waals surface area contributed by atoms with Gasteiger partial charge in [0.1, 0.15) is 5.69 Å². The Morgan fingerprint density at radius 1 is 1.83 bits per heavy atom. The molecular formula is C8H11IN2O. The zero-order valence-corrected chi connectivity index (χ0v) is 9.28. The summed E-state index contributed by atoms with van der Waals surface area (Å²) in [5.41, 5.74) is 0.685. The molecule has 0 aromatic carbocycles. The second kappa shape index (κ2) is 4.02. The number of carbonyl (C=O) groups excluding carboxylic acids is 1. The Kier molecular flexibility index (Phi) is 3.25. The van der Waals surface area contributed by atoms with E-state index in [9.17, 15) is 4.79 Å². The molecule has 3 nitrogen and oxygen atoms in total. The molecule has 0 saturated carbocycles. The summed E-state index contributed by atoms with van der Waals surface area (Å²) in [4.78, 5) is 10.7. The lowest BCUT2D eigenvalue weighted by molar-refractivity contribution is 0.111. The van der Waals surface area contributed by atoms with E-state index in [0.29, 0.717) is 11.7 Å². The first-order valence-electron chi connectivity index (χ1n) is 3.88. The van der Waals surface area contributed by atoms with E-state index in [-0.39, 0.29) is 0 Å². The molecule has 12 heavy (non-hydrogen) atoms. The Morgan fingerprint density at radius 3 is 3.00 bits per heavy atom. The summed E-state index contributed by atoms with van der Waals surface area (Å²) in [6.07, 6.45) is 3.57. The molecule has 0 bridgehead atoms. The van der Waals surface area contributed by atoms with E-state index in [1.165, 1.54) is 0 Å². The highest BCUT2D eigenvalue weighted by Crippen LogP contribution is 2.16. The minimum Gasteiger partial charge on any atom is -0.296 e. The molecule has 0 fully saturated rings. The summed E-state index contributed by atoms with van der Waals surface area (Å²) < 4.78 is 2.69. The van der Waals surface area contributed by atoms with Crippen molar-refractivity contribution in [1.29, 1.82) is 0 Å². The van der Waals surface area contributed by atoms with Crippen LogP contribution in [-0.4, -0.2) is 16.1 Å². The number of hydrogen-bond donors (Lipinski definition) is 0. The molecule has 0 spiro atoms. The molecule has 1 heterocycles. The molecule has 0 N–H and O–H groups in total. The van der Waals surface area contributed by atoms with Gasteiger partial charge in [-0.15, -0.1) is 0 Å². The minimum absolute atomic E-state index is 0.300. The van der Waals surface area contributed by atoms with Crippen molar-refractivity contribution in [1.82, 2.24) is 9.78 Å². The van der Waals surface area contributed by atoms with Crippen molar-refractivity contribution in [3.63, 3.8) is 0 Å². The van der Waals surface area contributed by atoms with E-state index < -0.39 is 0 Å². The van der Waals surface area contributed by atoms with Gasteiger partial charge < -0.3 is 0 Å². The van der Waals surface area contributed by atoms with Crippen molar-refractivity contribution >= 4 is 28.9 Å². The first-order valence-corrected chi connectivity index (χ1v) is 4.96. The molecule has 0 aliphatic carbocycles. The molecule has 66 valence electrons. The molecule has 0 aliphatic rings. The van der Waals surface area contributed by atoms with Crippen LogP contribution in [0.5, 0.6) is 0 Å². The molecular weight excluding hydrogens is 267 g/mol. The monoisotopic (exact) mass is 278 g/mol. The Labute approximate surface area is 85.3 Å². The average Bonchev–Trinajstić information content (AvgIpc) is 2.45. The van der Waals surface area contributed by atoms with Gasteiger partial charge in [0.05, 0.1) is 9.77 Å². The van der Waals surface area contributed by atoms with Gasteiger partial charge in [-0.1, -0.05) is 6.92 Å². The van der Waals surface area contributed by atoms with Crippen molar-refractivity contribution in [2.24, 2.45) is 0 Å². The highest BCUT2D eigenvalue weighted by Gasteiger charge is 2.11. The highest BCUT2D eigenvalue weighted by atomic mass is 127. The maximum absolute atomic E-state index is 10.7. The average molecular weight is 278 g/mol. The van der Waals surface area contributed by atoms with Crippen LogP contribution in [0.15, 0.2) is 6.20 Å². The van der Waals surface area contributed by atoms with Crippen molar-refractivity contribution < 1.29 is 4.79 Å². The highest BCUT2D eigenvalue weighted by molar-refractivity contribution is 14.1. The van der Waals surface area contributed by atoms with Crippen LogP contribution in [0.4, 0.5) is 0 Å². The van der Waals surface area contributed by atoms with Crippen LogP contribution >= 0.6 is 22.6 Å². The maximum atomic E-state index is 10.7. The summed E-state index contributed by atoms with van der Waals surface area (Å²) in [7, 11) is 0. The number of rotatable bonds is 3. The molecule has 0 amide bonds. The Bertz CT molecular complexity index is 283. The van der Waals surface area contributed by atoms with Crippen LogP contribution in [0, 0.1) is 3.57 Å².